The highest BCUT2D eigenvalue weighted by atomic mass is 32.1. The first-order chi connectivity index (χ1) is 38.1. The lowest BCUT2D eigenvalue weighted by molar-refractivity contribution is 0.400. The topological polar surface area (TPSA) is 25.8 Å². The number of nitrogens with zero attached hydrogens (tertiary/aromatic N) is 2. The van der Waals surface area contributed by atoms with Crippen LogP contribution in [0.15, 0.2) is 59.3 Å². The molecule has 0 fully saturated rings. The van der Waals surface area contributed by atoms with Gasteiger partial charge in [-0.25, -0.2) is 0 Å². The number of hydrogen-bond donors (Lipinski definition) is 0. The van der Waals surface area contributed by atoms with E-state index in [2.05, 4.69) is 87.0 Å². The monoisotopic (exact) mass is 1140 g/mol. The van der Waals surface area contributed by atoms with Gasteiger partial charge in [-0.1, -0.05) is 309 Å². The standard InChI is InChI=1S/C70H108N2S5/c1-5-9-13-17-21-25-27-31-35-39-45-57(43-37-33-29-23-19-15-11-7-3)53-59-55-65(75-69(59)63-47-41-51-73-63)61-49-50-62(68-67(61)71-77-72-68)66-56-60(70(76-66)64-48-42-52-74-64)54-58(44-38-34-30-24-20-16-12-8-4)46-40-36-32-28-26-22-18-14-10-6-2/h41-42,47-52,55-58H,5-40,43-46,53-54H2,1-4H3. The van der Waals surface area contributed by atoms with Crippen molar-refractivity contribution in [1.29, 1.82) is 0 Å². The van der Waals surface area contributed by atoms with Gasteiger partial charge in [-0.05, 0) is 70.8 Å². The Morgan fingerprint density at radius 2 is 0.623 bits per heavy atom. The molecule has 0 amide bonds. The van der Waals surface area contributed by atoms with Gasteiger partial charge in [0.05, 0.1) is 11.7 Å². The highest BCUT2D eigenvalue weighted by molar-refractivity contribution is 7.24. The van der Waals surface area contributed by atoms with Crippen LogP contribution in [0.2, 0.25) is 0 Å². The number of benzene rings is 1. The minimum atomic E-state index is 0.744. The molecule has 2 nitrogen and oxygen atoms in total. The van der Waals surface area contributed by atoms with Crippen molar-refractivity contribution >= 4 is 68.1 Å². The zero-order valence-electron chi connectivity index (χ0n) is 49.6. The maximum Gasteiger partial charge on any atom is 0.114 e. The molecule has 0 spiro atoms. The molecule has 1 aromatic carbocycles. The predicted octanol–water partition coefficient (Wildman–Crippen LogP) is 26.6. The van der Waals surface area contributed by atoms with Crippen LogP contribution >= 0.6 is 57.1 Å². The summed E-state index contributed by atoms with van der Waals surface area (Å²) < 4.78 is 10.3. The van der Waals surface area contributed by atoms with E-state index in [1.54, 1.807) is 11.1 Å². The lowest BCUT2D eigenvalue weighted by Crippen LogP contribution is -2.05. The van der Waals surface area contributed by atoms with E-state index in [4.69, 9.17) is 8.75 Å². The average molecular weight is 1140 g/mol. The van der Waals surface area contributed by atoms with Crippen LogP contribution in [0.4, 0.5) is 0 Å². The van der Waals surface area contributed by atoms with Crippen LogP contribution in [0.3, 0.4) is 0 Å². The summed E-state index contributed by atoms with van der Waals surface area (Å²) in [4.78, 5) is 8.54. The van der Waals surface area contributed by atoms with Gasteiger partial charge >= 0.3 is 0 Å². The molecule has 0 saturated carbocycles. The van der Waals surface area contributed by atoms with E-state index in [0.717, 1.165) is 22.9 Å². The lowest BCUT2D eigenvalue weighted by atomic mass is 9.88. The summed E-state index contributed by atoms with van der Waals surface area (Å²) in [5.41, 5.74) is 7.82. The summed E-state index contributed by atoms with van der Waals surface area (Å²) in [6, 6.07) is 19.2. The SMILES string of the molecule is CCCCCCCCCCCCC(CCCCCCCCCC)Cc1cc(-c2ccc(-c3cc(CC(CCCCCCCCCC)CCCCCCCCCCCC)c(-c4cccs4)s3)c3nsnc23)sc1-c1cccs1. The van der Waals surface area contributed by atoms with E-state index in [1.807, 2.05) is 45.3 Å². The van der Waals surface area contributed by atoms with Crippen LogP contribution in [0, 0.1) is 11.8 Å². The van der Waals surface area contributed by atoms with Crippen molar-refractivity contribution in [2.24, 2.45) is 11.8 Å². The second-order valence-electron chi connectivity index (χ2n) is 23.6. The molecular formula is C70H108N2S5. The molecular weight excluding hydrogens is 1030 g/mol. The second-order valence-corrected chi connectivity index (χ2v) is 28.1. The van der Waals surface area contributed by atoms with Crippen LogP contribution in [-0.2, 0) is 12.8 Å². The lowest BCUT2D eigenvalue weighted by Gasteiger charge is -2.17. The smallest absolute Gasteiger partial charge is 0.114 e. The fourth-order valence-electron chi connectivity index (χ4n) is 12.2. The van der Waals surface area contributed by atoms with E-state index < -0.39 is 0 Å². The molecule has 6 rings (SSSR count). The highest BCUT2D eigenvalue weighted by Gasteiger charge is 2.24. The first kappa shape index (κ1) is 64.0. The van der Waals surface area contributed by atoms with Crippen LogP contribution in [-0.4, -0.2) is 8.75 Å². The third-order valence-corrected chi connectivity index (χ3v) is 22.0. The largest absolute Gasteiger partial charge is 0.172 e. The van der Waals surface area contributed by atoms with Crippen LogP contribution in [0.1, 0.15) is 296 Å². The van der Waals surface area contributed by atoms with Crippen LogP contribution in [0.25, 0.3) is 51.4 Å². The number of thiophene rings is 4. The van der Waals surface area contributed by atoms with Gasteiger partial charge in [0.25, 0.3) is 0 Å². The van der Waals surface area contributed by atoms with Gasteiger partial charge in [0.15, 0.2) is 0 Å². The van der Waals surface area contributed by atoms with Gasteiger partial charge in [-0.2, -0.15) is 8.75 Å². The third kappa shape index (κ3) is 23.7. The molecule has 0 aliphatic rings. The Hall–Kier alpha value is -2.16. The molecule has 428 valence electrons. The van der Waals surface area contributed by atoms with E-state index in [9.17, 15) is 0 Å². The van der Waals surface area contributed by atoms with E-state index in [0.29, 0.717) is 0 Å². The molecule has 5 heterocycles. The number of fused-ring (bicyclic) bond motifs is 1. The predicted molar refractivity (Wildman–Crippen MR) is 352 cm³/mol. The molecule has 77 heavy (non-hydrogen) atoms. The molecule has 2 atom stereocenters. The summed E-state index contributed by atoms with van der Waals surface area (Å²) in [5.74, 6) is 1.49. The van der Waals surface area contributed by atoms with Crippen molar-refractivity contribution in [3.63, 3.8) is 0 Å². The number of aromatic nitrogens is 2. The Kier molecular flexibility index (Phi) is 33.3. The molecule has 0 N–H and O–H groups in total. The highest BCUT2D eigenvalue weighted by Crippen LogP contribution is 2.47. The van der Waals surface area contributed by atoms with Crippen molar-refractivity contribution in [2.45, 2.75) is 297 Å². The van der Waals surface area contributed by atoms with Crippen LogP contribution < -0.4 is 0 Å². The Morgan fingerprint density at radius 3 is 0.896 bits per heavy atom. The van der Waals surface area contributed by atoms with E-state index in [-0.39, 0.29) is 0 Å². The second kappa shape index (κ2) is 40.1. The Morgan fingerprint density at radius 1 is 0.338 bits per heavy atom. The quantitative estimate of drug-likeness (QED) is 0.0356. The van der Waals surface area contributed by atoms with Gasteiger partial charge in [-0.15, -0.1) is 45.3 Å². The van der Waals surface area contributed by atoms with E-state index >= 15 is 0 Å². The summed E-state index contributed by atoms with van der Waals surface area (Å²) >= 11 is 9.24. The van der Waals surface area contributed by atoms with Crippen LogP contribution in [0.5, 0.6) is 0 Å². The summed E-state index contributed by atoms with van der Waals surface area (Å²) in [6.07, 6.45) is 58.4. The fraction of sp³-hybridized carbons (Fsp3) is 0.686. The van der Waals surface area contributed by atoms with Gasteiger partial charge in [0.1, 0.15) is 11.0 Å². The number of unbranched alkanes of at least 4 members (excludes halogenated alkanes) is 32. The molecule has 0 bridgehead atoms. The molecule has 0 radical (unpaired) electrons. The van der Waals surface area contributed by atoms with Gasteiger partial charge in [-0.3, -0.25) is 0 Å². The Bertz CT molecular complexity index is 2170. The molecule has 0 aliphatic carbocycles. The fourth-order valence-corrected chi connectivity index (χ4v) is 17.0. The normalized spacial score (nSPS) is 12.7. The van der Waals surface area contributed by atoms with Crippen molar-refractivity contribution in [2.75, 3.05) is 0 Å². The zero-order chi connectivity index (χ0) is 53.8. The van der Waals surface area contributed by atoms with Gasteiger partial charge < -0.3 is 0 Å². The first-order valence-electron chi connectivity index (χ1n) is 32.7. The van der Waals surface area contributed by atoms with Crippen molar-refractivity contribution in [3.05, 3.63) is 70.4 Å². The minimum Gasteiger partial charge on any atom is -0.172 e. The number of rotatable bonds is 48. The molecule has 2 unspecified atom stereocenters. The Labute approximate surface area is 493 Å². The summed E-state index contributed by atoms with van der Waals surface area (Å²) in [5, 5.41) is 4.54. The van der Waals surface area contributed by atoms with Gasteiger partial charge in [0.2, 0.25) is 0 Å². The molecule has 0 saturated heterocycles. The van der Waals surface area contributed by atoms with Crippen molar-refractivity contribution in [1.82, 2.24) is 8.75 Å². The van der Waals surface area contributed by atoms with E-state index in [1.165, 1.54) is 322 Å². The summed E-state index contributed by atoms with van der Waals surface area (Å²) in [6.45, 7) is 9.31. The molecule has 6 aromatic rings. The minimum absolute atomic E-state index is 0.744. The van der Waals surface area contributed by atoms with Gasteiger partial charge in [0, 0.05) is 40.4 Å². The maximum absolute atomic E-state index is 5.13. The first-order valence-corrected chi connectivity index (χ1v) is 36.8. The molecule has 0 aliphatic heterocycles. The average Bonchev–Trinajstić information content (AvgIpc) is 4.33. The molecule has 5 aromatic heterocycles. The maximum atomic E-state index is 5.13. The van der Waals surface area contributed by atoms with Crippen molar-refractivity contribution < 1.29 is 0 Å². The summed E-state index contributed by atoms with van der Waals surface area (Å²) in [7, 11) is 0. The molecule has 7 heteroatoms. The Balaban J connectivity index is 1.18. The number of hydrogen-bond acceptors (Lipinski definition) is 7. The third-order valence-electron chi connectivity index (χ3n) is 16.9. The zero-order valence-corrected chi connectivity index (χ0v) is 53.6. The van der Waals surface area contributed by atoms with Crippen molar-refractivity contribution in [3.8, 4) is 40.4 Å².